The van der Waals surface area contributed by atoms with Crippen molar-refractivity contribution in [3.63, 3.8) is 0 Å². The van der Waals surface area contributed by atoms with Crippen molar-refractivity contribution in [1.82, 2.24) is 15.2 Å². The van der Waals surface area contributed by atoms with Gasteiger partial charge in [0.05, 0.1) is 7.11 Å². The van der Waals surface area contributed by atoms with Gasteiger partial charge in [0.25, 0.3) is 0 Å². The molecule has 54 valence electrons. The van der Waals surface area contributed by atoms with Gasteiger partial charge in [-0.05, 0) is 0 Å². The van der Waals surface area contributed by atoms with Crippen LogP contribution in [0.3, 0.4) is 0 Å². The van der Waals surface area contributed by atoms with Crippen LogP contribution in [0.15, 0.2) is 11.5 Å². The Kier molecular flexibility index (Phi) is 2.27. The number of thioether (sulfide) groups is 1. The predicted octanol–water partition coefficient (Wildman–Crippen LogP) is 0.663. The molecule has 1 N–H and O–H groups in total. The number of ether oxygens (including phenoxy) is 1. The van der Waals surface area contributed by atoms with Crippen molar-refractivity contribution in [2.45, 2.75) is 5.16 Å². The van der Waals surface area contributed by atoms with Crippen LogP contribution < -0.4 is 0 Å². The predicted molar refractivity (Wildman–Crippen MR) is 34.6 cm³/mol. The number of H-pyrrole nitrogens is 1. The van der Waals surface area contributed by atoms with Gasteiger partial charge < -0.3 is 4.74 Å². The summed E-state index contributed by atoms with van der Waals surface area (Å²) in [5.41, 5.74) is 0. The number of carbonyl (C=O) groups is 1. The van der Waals surface area contributed by atoms with Gasteiger partial charge in [-0.3, -0.25) is 5.10 Å². The van der Waals surface area contributed by atoms with E-state index >= 15 is 0 Å². The normalized spacial score (nSPS) is 9.30. The number of aromatic amines is 1. The summed E-state index contributed by atoms with van der Waals surface area (Å²) < 4.78 is 4.36. The number of aromatic nitrogens is 3. The molecule has 0 aromatic carbocycles. The monoisotopic (exact) mass is 159 g/mol. The second-order valence-electron chi connectivity index (χ2n) is 1.35. The second-order valence-corrected chi connectivity index (χ2v) is 2.27. The fraction of sp³-hybridized carbons (Fsp3) is 0.250. The minimum absolute atomic E-state index is 0.406. The highest BCUT2D eigenvalue weighted by Crippen LogP contribution is 2.12. The molecule has 0 aliphatic heterocycles. The van der Waals surface area contributed by atoms with Crippen molar-refractivity contribution in [2.24, 2.45) is 0 Å². The van der Waals surface area contributed by atoms with Gasteiger partial charge in [0.15, 0.2) is 5.16 Å². The van der Waals surface area contributed by atoms with Gasteiger partial charge in [-0.25, -0.2) is 9.78 Å². The largest absolute Gasteiger partial charge is 0.461 e. The van der Waals surface area contributed by atoms with E-state index in [4.69, 9.17) is 0 Å². The second kappa shape index (κ2) is 3.21. The molecule has 1 aromatic rings. The maximum Gasteiger partial charge on any atom is 0.374 e. The Morgan fingerprint density at radius 2 is 2.70 bits per heavy atom. The van der Waals surface area contributed by atoms with Crippen LogP contribution >= 0.6 is 11.8 Å². The van der Waals surface area contributed by atoms with Gasteiger partial charge in [0.2, 0.25) is 0 Å². The zero-order chi connectivity index (χ0) is 7.40. The molecule has 0 radical (unpaired) electrons. The van der Waals surface area contributed by atoms with E-state index in [1.54, 1.807) is 0 Å². The number of nitrogens with zero attached hydrogens (tertiary/aromatic N) is 2. The fourth-order valence-electron chi connectivity index (χ4n) is 0.364. The van der Waals surface area contributed by atoms with Crippen LogP contribution in [0.5, 0.6) is 0 Å². The highest BCUT2D eigenvalue weighted by molar-refractivity contribution is 8.13. The maximum absolute atomic E-state index is 10.5. The first kappa shape index (κ1) is 7.07. The van der Waals surface area contributed by atoms with Crippen molar-refractivity contribution in [2.75, 3.05) is 7.11 Å². The summed E-state index contributed by atoms with van der Waals surface area (Å²) in [7, 11) is 1.31. The lowest BCUT2D eigenvalue weighted by molar-refractivity contribution is 0.200. The van der Waals surface area contributed by atoms with E-state index in [0.717, 1.165) is 11.8 Å². The Labute approximate surface area is 61.2 Å². The lowest BCUT2D eigenvalue weighted by atomic mass is 11.3. The third-order valence-electron chi connectivity index (χ3n) is 0.740. The van der Waals surface area contributed by atoms with E-state index in [1.807, 2.05) is 0 Å². The van der Waals surface area contributed by atoms with Gasteiger partial charge in [-0.1, -0.05) is 0 Å². The Hall–Kier alpha value is -1.04. The molecule has 0 aliphatic rings. The summed E-state index contributed by atoms with van der Waals surface area (Å²) in [6.45, 7) is 0. The molecular formula is C4H5N3O2S. The topological polar surface area (TPSA) is 67.9 Å². The molecule has 0 amide bonds. The van der Waals surface area contributed by atoms with Crippen molar-refractivity contribution >= 4 is 17.1 Å². The van der Waals surface area contributed by atoms with Crippen LogP contribution in [0.25, 0.3) is 0 Å². The van der Waals surface area contributed by atoms with E-state index in [0.29, 0.717) is 5.16 Å². The highest BCUT2D eigenvalue weighted by Gasteiger charge is 2.04. The van der Waals surface area contributed by atoms with Crippen LogP contribution in [0.4, 0.5) is 4.79 Å². The molecular weight excluding hydrogens is 154 g/mol. The molecule has 0 saturated heterocycles. The number of hydrogen-bond donors (Lipinski definition) is 1. The lowest BCUT2D eigenvalue weighted by Crippen LogP contribution is -1.90. The van der Waals surface area contributed by atoms with Gasteiger partial charge >= 0.3 is 5.30 Å². The third kappa shape index (κ3) is 1.73. The van der Waals surface area contributed by atoms with Crippen LogP contribution in [-0.2, 0) is 4.74 Å². The van der Waals surface area contributed by atoms with Crippen LogP contribution in [0.1, 0.15) is 0 Å². The molecule has 0 fully saturated rings. The van der Waals surface area contributed by atoms with Crippen LogP contribution in [0, 0.1) is 0 Å². The van der Waals surface area contributed by atoms with Gasteiger partial charge in [-0.15, -0.1) is 0 Å². The minimum Gasteiger partial charge on any atom is -0.461 e. The van der Waals surface area contributed by atoms with E-state index in [1.165, 1.54) is 13.4 Å². The van der Waals surface area contributed by atoms with Gasteiger partial charge in [0, 0.05) is 11.8 Å². The first-order valence-electron chi connectivity index (χ1n) is 2.44. The van der Waals surface area contributed by atoms with E-state index in [9.17, 15) is 4.79 Å². The molecule has 0 bridgehead atoms. The van der Waals surface area contributed by atoms with E-state index in [2.05, 4.69) is 19.9 Å². The molecule has 0 saturated carbocycles. The van der Waals surface area contributed by atoms with E-state index in [-0.39, 0.29) is 0 Å². The number of rotatable bonds is 1. The zero-order valence-electron chi connectivity index (χ0n) is 5.20. The van der Waals surface area contributed by atoms with Crippen LogP contribution in [0.2, 0.25) is 0 Å². The number of nitrogens with one attached hydrogen (secondary N) is 1. The minimum atomic E-state index is -0.406. The zero-order valence-corrected chi connectivity index (χ0v) is 6.01. The third-order valence-corrected chi connectivity index (χ3v) is 1.46. The van der Waals surface area contributed by atoms with E-state index < -0.39 is 5.30 Å². The summed E-state index contributed by atoms with van der Waals surface area (Å²) in [4.78, 5) is 14.2. The summed E-state index contributed by atoms with van der Waals surface area (Å²) in [5, 5.41) is 6.08. The molecule has 1 rings (SSSR count). The number of methoxy groups -OCH3 is 1. The van der Waals surface area contributed by atoms with Crippen molar-refractivity contribution in [3.05, 3.63) is 6.33 Å². The molecule has 10 heavy (non-hydrogen) atoms. The van der Waals surface area contributed by atoms with Gasteiger partial charge in [-0.2, -0.15) is 5.10 Å². The van der Waals surface area contributed by atoms with Crippen molar-refractivity contribution in [1.29, 1.82) is 0 Å². The van der Waals surface area contributed by atoms with Crippen molar-refractivity contribution < 1.29 is 9.53 Å². The summed E-state index contributed by atoms with van der Waals surface area (Å²) in [6, 6.07) is 0. The first-order chi connectivity index (χ1) is 4.83. The summed E-state index contributed by atoms with van der Waals surface area (Å²) >= 11 is 0.860. The lowest BCUT2D eigenvalue weighted by Gasteiger charge is -1.91. The quantitative estimate of drug-likeness (QED) is 0.481. The smallest absolute Gasteiger partial charge is 0.374 e. The first-order valence-corrected chi connectivity index (χ1v) is 3.25. The standard InChI is InChI=1S/C4H5N3O2S/c1-9-4(8)10-3-5-2-6-7-3/h2H,1H3,(H,5,6,7). The Balaban J connectivity index is 2.48. The number of hydrogen-bond acceptors (Lipinski definition) is 5. The molecule has 0 spiro atoms. The summed E-state index contributed by atoms with van der Waals surface area (Å²) in [6.07, 6.45) is 1.32. The molecule has 0 aliphatic carbocycles. The average Bonchev–Trinajstić information content (AvgIpc) is 2.40. The van der Waals surface area contributed by atoms with Crippen LogP contribution in [-0.4, -0.2) is 27.6 Å². The molecule has 6 heteroatoms. The SMILES string of the molecule is COC(=O)Sc1ncn[nH]1. The molecule has 0 atom stereocenters. The van der Waals surface area contributed by atoms with Crippen molar-refractivity contribution in [3.8, 4) is 0 Å². The Morgan fingerprint density at radius 3 is 3.20 bits per heavy atom. The molecule has 0 unspecified atom stereocenters. The molecule has 1 aromatic heterocycles. The fourth-order valence-corrected chi connectivity index (χ4v) is 0.803. The molecule has 1 heterocycles. The number of carbonyl (C=O) groups excluding carboxylic acids is 1. The van der Waals surface area contributed by atoms with Gasteiger partial charge in [0.1, 0.15) is 6.33 Å². The summed E-state index contributed by atoms with van der Waals surface area (Å²) in [5.74, 6) is 0. The highest BCUT2D eigenvalue weighted by atomic mass is 32.2. The Morgan fingerprint density at radius 1 is 1.90 bits per heavy atom. The molecule has 5 nitrogen and oxygen atoms in total. The average molecular weight is 159 g/mol. The Bertz CT molecular complexity index is 210. The maximum atomic E-state index is 10.5.